The van der Waals surface area contributed by atoms with Crippen molar-refractivity contribution in [3.8, 4) is 11.3 Å². The molecule has 2 aromatic heterocycles. The fourth-order valence-corrected chi connectivity index (χ4v) is 4.01. The van der Waals surface area contributed by atoms with E-state index in [2.05, 4.69) is 35.0 Å². The molecular formula is C18H21N7OS. The van der Waals surface area contributed by atoms with E-state index in [4.69, 9.17) is 0 Å². The first-order chi connectivity index (χ1) is 13.3. The Morgan fingerprint density at radius 2 is 1.96 bits per heavy atom. The Kier molecular flexibility index (Phi) is 5.38. The number of carbonyl (C=O) groups is 1. The van der Waals surface area contributed by atoms with E-state index in [9.17, 15) is 4.79 Å². The molecule has 2 heterocycles. The van der Waals surface area contributed by atoms with Gasteiger partial charge in [0.15, 0.2) is 5.82 Å². The SMILES string of the molecule is O=C(NCc1nncn1C1CCCCC1)Nc1snnc1-c1ccccc1. The third-order valence-corrected chi connectivity index (χ3v) is 5.43. The predicted molar refractivity (Wildman–Crippen MR) is 103 cm³/mol. The highest BCUT2D eigenvalue weighted by Crippen LogP contribution is 2.29. The molecule has 0 unspecified atom stereocenters. The second-order valence-electron chi connectivity index (χ2n) is 6.57. The average molecular weight is 383 g/mol. The molecule has 27 heavy (non-hydrogen) atoms. The van der Waals surface area contributed by atoms with E-state index in [0.717, 1.165) is 35.8 Å². The largest absolute Gasteiger partial charge is 0.331 e. The van der Waals surface area contributed by atoms with Gasteiger partial charge in [0, 0.05) is 23.1 Å². The molecule has 0 bridgehead atoms. The Bertz CT molecular complexity index is 886. The predicted octanol–water partition coefficient (Wildman–Crippen LogP) is 3.62. The Hall–Kier alpha value is -2.81. The van der Waals surface area contributed by atoms with Gasteiger partial charge in [0.2, 0.25) is 0 Å². The van der Waals surface area contributed by atoms with Crippen molar-refractivity contribution in [2.45, 2.75) is 44.7 Å². The van der Waals surface area contributed by atoms with Gasteiger partial charge in [-0.25, -0.2) is 4.79 Å². The molecule has 1 aliphatic carbocycles. The monoisotopic (exact) mass is 383 g/mol. The molecular weight excluding hydrogens is 362 g/mol. The third kappa shape index (κ3) is 4.13. The quantitative estimate of drug-likeness (QED) is 0.701. The zero-order valence-electron chi connectivity index (χ0n) is 14.8. The molecule has 3 aromatic rings. The van der Waals surface area contributed by atoms with Crippen molar-refractivity contribution in [1.82, 2.24) is 29.7 Å². The summed E-state index contributed by atoms with van der Waals surface area (Å²) in [6, 6.07) is 9.79. The van der Waals surface area contributed by atoms with Crippen molar-refractivity contribution < 1.29 is 4.79 Å². The minimum atomic E-state index is -0.309. The molecule has 1 fully saturated rings. The zero-order valence-corrected chi connectivity index (χ0v) is 15.7. The lowest BCUT2D eigenvalue weighted by atomic mass is 9.95. The second-order valence-corrected chi connectivity index (χ2v) is 7.32. The number of nitrogens with zero attached hydrogens (tertiary/aromatic N) is 5. The summed E-state index contributed by atoms with van der Waals surface area (Å²) in [4.78, 5) is 12.3. The molecule has 4 rings (SSSR count). The molecule has 9 heteroatoms. The maximum absolute atomic E-state index is 12.3. The maximum atomic E-state index is 12.3. The van der Waals surface area contributed by atoms with Gasteiger partial charge in [-0.05, 0) is 12.8 Å². The number of anilines is 1. The summed E-state index contributed by atoms with van der Waals surface area (Å²) in [6.45, 7) is 0.329. The normalized spacial score (nSPS) is 14.8. The Balaban J connectivity index is 1.38. The summed E-state index contributed by atoms with van der Waals surface area (Å²) in [5, 5.41) is 18.6. The molecule has 0 spiro atoms. The van der Waals surface area contributed by atoms with Gasteiger partial charge in [-0.15, -0.1) is 15.3 Å². The van der Waals surface area contributed by atoms with Crippen LogP contribution in [0.4, 0.5) is 9.80 Å². The molecule has 8 nitrogen and oxygen atoms in total. The van der Waals surface area contributed by atoms with Crippen LogP contribution in [0, 0.1) is 0 Å². The van der Waals surface area contributed by atoms with Crippen LogP contribution in [0.15, 0.2) is 36.7 Å². The third-order valence-electron chi connectivity index (χ3n) is 4.78. The number of aromatic nitrogens is 5. The van der Waals surface area contributed by atoms with Gasteiger partial charge >= 0.3 is 6.03 Å². The first kappa shape index (κ1) is 17.6. The van der Waals surface area contributed by atoms with Crippen molar-refractivity contribution >= 4 is 22.6 Å². The summed E-state index contributed by atoms with van der Waals surface area (Å²) < 4.78 is 6.06. The van der Waals surface area contributed by atoms with Crippen LogP contribution in [0.1, 0.15) is 44.0 Å². The number of rotatable bonds is 5. The van der Waals surface area contributed by atoms with Crippen LogP contribution in [0.25, 0.3) is 11.3 Å². The number of hydrogen-bond acceptors (Lipinski definition) is 6. The minimum absolute atomic E-state index is 0.309. The van der Waals surface area contributed by atoms with Crippen molar-refractivity contribution in [1.29, 1.82) is 0 Å². The zero-order chi connectivity index (χ0) is 18.5. The smallest absolute Gasteiger partial charge is 0.320 e. The molecule has 1 aliphatic rings. The Labute approximate surface area is 161 Å². The van der Waals surface area contributed by atoms with Gasteiger partial charge in [-0.3, -0.25) is 5.32 Å². The molecule has 0 atom stereocenters. The van der Waals surface area contributed by atoms with E-state index in [1.165, 1.54) is 19.3 Å². The minimum Gasteiger partial charge on any atom is -0.331 e. The van der Waals surface area contributed by atoms with Gasteiger partial charge < -0.3 is 9.88 Å². The van der Waals surface area contributed by atoms with Gasteiger partial charge in [0.1, 0.15) is 17.0 Å². The van der Waals surface area contributed by atoms with Crippen molar-refractivity contribution in [3.63, 3.8) is 0 Å². The van der Waals surface area contributed by atoms with E-state index in [1.807, 2.05) is 30.3 Å². The van der Waals surface area contributed by atoms with Crippen LogP contribution >= 0.6 is 11.5 Å². The van der Waals surface area contributed by atoms with E-state index in [0.29, 0.717) is 23.3 Å². The number of benzene rings is 1. The molecule has 1 saturated carbocycles. The number of carbonyl (C=O) groups excluding carboxylic acids is 1. The van der Waals surface area contributed by atoms with Crippen LogP contribution < -0.4 is 10.6 Å². The summed E-state index contributed by atoms with van der Waals surface area (Å²) in [5.41, 5.74) is 1.58. The Morgan fingerprint density at radius 3 is 2.78 bits per heavy atom. The number of nitrogens with one attached hydrogen (secondary N) is 2. The van der Waals surface area contributed by atoms with Crippen LogP contribution in [-0.2, 0) is 6.54 Å². The molecule has 2 amide bonds. The molecule has 0 radical (unpaired) electrons. The van der Waals surface area contributed by atoms with Crippen molar-refractivity contribution in [2.24, 2.45) is 0 Å². The first-order valence-electron chi connectivity index (χ1n) is 9.12. The summed E-state index contributed by atoms with van der Waals surface area (Å²) in [6.07, 6.45) is 7.81. The lowest BCUT2D eigenvalue weighted by molar-refractivity contribution is 0.251. The number of urea groups is 1. The Morgan fingerprint density at radius 1 is 1.15 bits per heavy atom. The maximum Gasteiger partial charge on any atom is 0.320 e. The summed E-state index contributed by atoms with van der Waals surface area (Å²) in [5.74, 6) is 0.780. The number of hydrogen-bond donors (Lipinski definition) is 2. The highest BCUT2D eigenvalue weighted by molar-refractivity contribution is 7.10. The fraction of sp³-hybridized carbons (Fsp3) is 0.389. The van der Waals surface area contributed by atoms with Crippen LogP contribution in [0.5, 0.6) is 0 Å². The second kappa shape index (κ2) is 8.26. The van der Waals surface area contributed by atoms with E-state index in [-0.39, 0.29) is 6.03 Å². The summed E-state index contributed by atoms with van der Waals surface area (Å²) in [7, 11) is 0. The van der Waals surface area contributed by atoms with Gasteiger partial charge in [-0.1, -0.05) is 54.1 Å². The molecule has 2 N–H and O–H groups in total. The number of amides is 2. The summed E-state index contributed by atoms with van der Waals surface area (Å²) >= 11 is 1.16. The van der Waals surface area contributed by atoms with Gasteiger partial charge in [0.25, 0.3) is 0 Å². The molecule has 0 aliphatic heterocycles. The highest BCUT2D eigenvalue weighted by Gasteiger charge is 2.19. The van der Waals surface area contributed by atoms with Gasteiger partial charge in [-0.2, -0.15) is 0 Å². The molecule has 0 saturated heterocycles. The van der Waals surface area contributed by atoms with E-state index < -0.39 is 0 Å². The lowest BCUT2D eigenvalue weighted by Gasteiger charge is -2.24. The lowest BCUT2D eigenvalue weighted by Crippen LogP contribution is -2.30. The van der Waals surface area contributed by atoms with Crippen molar-refractivity contribution in [3.05, 3.63) is 42.5 Å². The van der Waals surface area contributed by atoms with Gasteiger partial charge in [0.05, 0.1) is 6.54 Å². The standard InChI is InChI=1S/C18H21N7OS/c26-18(21-17-16(23-24-27-17)13-7-3-1-4-8-13)19-11-15-22-20-12-25(15)14-9-5-2-6-10-14/h1,3-4,7-8,12,14H,2,5-6,9-11H2,(H2,19,21,26). The topological polar surface area (TPSA) is 97.6 Å². The van der Waals surface area contributed by atoms with Crippen LogP contribution in [-0.4, -0.2) is 30.4 Å². The van der Waals surface area contributed by atoms with Crippen molar-refractivity contribution in [2.75, 3.05) is 5.32 Å². The van der Waals surface area contributed by atoms with Crippen LogP contribution in [0.3, 0.4) is 0 Å². The first-order valence-corrected chi connectivity index (χ1v) is 9.89. The van der Waals surface area contributed by atoms with Crippen LogP contribution in [0.2, 0.25) is 0 Å². The highest BCUT2D eigenvalue weighted by atomic mass is 32.1. The fourth-order valence-electron chi connectivity index (χ4n) is 3.42. The van der Waals surface area contributed by atoms with E-state index >= 15 is 0 Å². The average Bonchev–Trinajstić information content (AvgIpc) is 3.37. The molecule has 1 aromatic carbocycles. The molecule has 140 valence electrons. The van der Waals surface area contributed by atoms with E-state index in [1.54, 1.807) is 6.33 Å².